The largest absolute Gasteiger partial charge is 0.456 e. The number of nitrogens with zero attached hydrogens (tertiary/aromatic N) is 2. The Hall–Kier alpha value is -5.09. The number of amidine groups is 2. The number of fused-ring (bicyclic) bond motifs is 3. The highest BCUT2D eigenvalue weighted by Gasteiger charge is 2.09. The monoisotopic (exact) mass is 477 g/mol. The molecule has 5 aromatic carbocycles. The Balaban J connectivity index is 1.35. The lowest BCUT2D eigenvalue weighted by Crippen LogP contribution is -2.04. The van der Waals surface area contributed by atoms with Gasteiger partial charge in [0.2, 0.25) is 0 Å². The van der Waals surface area contributed by atoms with E-state index in [9.17, 15) is 0 Å². The molecule has 1 aromatic heterocycles. The van der Waals surface area contributed by atoms with Gasteiger partial charge >= 0.3 is 0 Å². The van der Waals surface area contributed by atoms with Gasteiger partial charge in [-0.3, -0.25) is 5.41 Å². The van der Waals surface area contributed by atoms with E-state index in [1.54, 1.807) is 6.21 Å². The van der Waals surface area contributed by atoms with Crippen molar-refractivity contribution in [2.75, 3.05) is 0 Å². The van der Waals surface area contributed by atoms with E-state index >= 15 is 0 Å². The highest BCUT2D eigenvalue weighted by Crippen LogP contribution is 2.28. The number of benzene rings is 5. The van der Waals surface area contributed by atoms with Gasteiger partial charge in [-0.1, -0.05) is 103 Å². The van der Waals surface area contributed by atoms with Crippen molar-refractivity contribution in [1.29, 1.82) is 5.41 Å². The molecular weight excluding hydrogens is 454 g/mol. The van der Waals surface area contributed by atoms with Gasteiger partial charge in [0.15, 0.2) is 11.7 Å². The topological polar surface area (TPSA) is 61.7 Å². The van der Waals surface area contributed by atoms with Gasteiger partial charge in [0.25, 0.3) is 0 Å². The minimum atomic E-state index is 0.154. The summed E-state index contributed by atoms with van der Waals surface area (Å²) in [5, 5.41) is 10.9. The van der Waals surface area contributed by atoms with Gasteiger partial charge in [-0.05, 0) is 41.0 Å². The van der Waals surface area contributed by atoms with Crippen LogP contribution in [0.5, 0.6) is 0 Å². The normalized spacial score (nSPS) is 11.9. The smallest absolute Gasteiger partial charge is 0.161 e. The molecule has 0 amide bonds. The highest BCUT2D eigenvalue weighted by molar-refractivity contribution is 6.14. The van der Waals surface area contributed by atoms with Crippen LogP contribution in [0.3, 0.4) is 0 Å². The first-order valence-corrected chi connectivity index (χ1v) is 12.1. The Labute approximate surface area is 214 Å². The lowest BCUT2D eigenvalue weighted by molar-refractivity contribution is 0.669. The van der Waals surface area contributed by atoms with E-state index in [0.29, 0.717) is 5.84 Å². The van der Waals surface area contributed by atoms with Crippen molar-refractivity contribution in [1.82, 2.24) is 0 Å². The third-order valence-corrected chi connectivity index (χ3v) is 6.23. The fourth-order valence-corrected chi connectivity index (χ4v) is 4.36. The van der Waals surface area contributed by atoms with Gasteiger partial charge in [0.05, 0.1) is 0 Å². The molecule has 0 unspecified atom stereocenters. The van der Waals surface area contributed by atoms with Gasteiger partial charge in [0, 0.05) is 28.1 Å². The average molecular weight is 478 g/mol. The minimum absolute atomic E-state index is 0.154. The number of furan rings is 1. The molecule has 0 fully saturated rings. The van der Waals surface area contributed by atoms with Crippen LogP contribution in [0.2, 0.25) is 0 Å². The number of nitrogens with one attached hydrogen (secondary N) is 1. The zero-order valence-electron chi connectivity index (χ0n) is 20.0. The standard InChI is InChI=1S/C33H23N3O/c34-32(27-15-9-14-26(21-27)24-10-3-1-4-11-24)36-33(25-12-5-2-6-13-25)35-22-23-18-19-29-28-16-7-8-17-30(28)37-31(29)20-23/h1-22,34H. The van der Waals surface area contributed by atoms with Crippen LogP contribution in [0.4, 0.5) is 0 Å². The molecule has 4 nitrogen and oxygen atoms in total. The Kier molecular flexibility index (Phi) is 5.97. The zero-order chi connectivity index (χ0) is 25.0. The van der Waals surface area contributed by atoms with Crippen molar-refractivity contribution in [3.05, 3.63) is 144 Å². The van der Waals surface area contributed by atoms with Crippen molar-refractivity contribution in [2.24, 2.45) is 9.98 Å². The molecule has 4 heteroatoms. The van der Waals surface area contributed by atoms with Crippen LogP contribution in [0.25, 0.3) is 33.1 Å². The van der Waals surface area contributed by atoms with Crippen LogP contribution >= 0.6 is 0 Å². The fraction of sp³-hybridized carbons (Fsp3) is 0. The summed E-state index contributed by atoms with van der Waals surface area (Å²) in [6.45, 7) is 0. The van der Waals surface area contributed by atoms with E-state index in [0.717, 1.165) is 49.8 Å². The Morgan fingerprint density at radius 1 is 0.595 bits per heavy atom. The zero-order valence-corrected chi connectivity index (χ0v) is 20.0. The summed E-state index contributed by atoms with van der Waals surface area (Å²) in [4.78, 5) is 9.36. The Morgan fingerprint density at radius 2 is 1.27 bits per heavy atom. The van der Waals surface area contributed by atoms with E-state index in [1.165, 1.54) is 0 Å². The number of aliphatic imine (C=N–C) groups is 2. The molecule has 0 aliphatic carbocycles. The average Bonchev–Trinajstić information content (AvgIpc) is 3.34. The SMILES string of the molecule is N=C(N=C(N=Cc1ccc2c(c1)oc1ccccc12)c1ccccc1)c1cccc(-c2ccccc2)c1. The van der Waals surface area contributed by atoms with Crippen LogP contribution in [0.15, 0.2) is 142 Å². The van der Waals surface area contributed by atoms with E-state index in [2.05, 4.69) is 29.3 Å². The molecule has 0 saturated heterocycles. The molecule has 6 aromatic rings. The molecular formula is C33H23N3O. The molecule has 37 heavy (non-hydrogen) atoms. The van der Waals surface area contributed by atoms with E-state index < -0.39 is 0 Å². The van der Waals surface area contributed by atoms with Gasteiger partial charge < -0.3 is 4.42 Å². The van der Waals surface area contributed by atoms with Gasteiger partial charge in [-0.25, -0.2) is 9.98 Å². The lowest BCUT2D eigenvalue weighted by atomic mass is 10.0. The van der Waals surface area contributed by atoms with Gasteiger partial charge in [-0.15, -0.1) is 0 Å². The van der Waals surface area contributed by atoms with E-state index in [-0.39, 0.29) is 5.84 Å². The highest BCUT2D eigenvalue weighted by atomic mass is 16.3. The quantitative estimate of drug-likeness (QED) is 0.202. The summed E-state index contributed by atoms with van der Waals surface area (Å²) in [6, 6.07) is 41.8. The van der Waals surface area contributed by atoms with Crippen LogP contribution in [-0.2, 0) is 0 Å². The van der Waals surface area contributed by atoms with Crippen molar-refractivity contribution in [3.63, 3.8) is 0 Å². The van der Waals surface area contributed by atoms with Gasteiger partial charge in [-0.2, -0.15) is 0 Å². The first kappa shape index (κ1) is 22.4. The maximum Gasteiger partial charge on any atom is 0.161 e. The first-order valence-electron chi connectivity index (χ1n) is 12.1. The summed E-state index contributed by atoms with van der Waals surface area (Å²) in [6.07, 6.45) is 1.77. The predicted molar refractivity (Wildman–Crippen MR) is 153 cm³/mol. The number of hydrogen-bond donors (Lipinski definition) is 1. The molecule has 0 saturated carbocycles. The van der Waals surface area contributed by atoms with E-state index in [4.69, 9.17) is 14.8 Å². The molecule has 176 valence electrons. The van der Waals surface area contributed by atoms with E-state index in [1.807, 2.05) is 103 Å². The summed E-state index contributed by atoms with van der Waals surface area (Å²) in [7, 11) is 0. The fourth-order valence-electron chi connectivity index (χ4n) is 4.36. The molecule has 0 atom stereocenters. The molecule has 1 heterocycles. The summed E-state index contributed by atoms with van der Waals surface area (Å²) in [5.74, 6) is 0.627. The molecule has 0 aliphatic rings. The molecule has 0 aliphatic heterocycles. The number of hydrogen-bond acceptors (Lipinski definition) is 2. The van der Waals surface area contributed by atoms with Crippen LogP contribution < -0.4 is 0 Å². The third kappa shape index (κ3) is 4.73. The maximum absolute atomic E-state index is 8.74. The van der Waals surface area contributed by atoms with Crippen LogP contribution in [-0.4, -0.2) is 17.9 Å². The van der Waals surface area contributed by atoms with Crippen molar-refractivity contribution in [3.8, 4) is 11.1 Å². The number of rotatable bonds is 4. The summed E-state index contributed by atoms with van der Waals surface area (Å²) < 4.78 is 6.03. The second-order valence-electron chi connectivity index (χ2n) is 8.71. The van der Waals surface area contributed by atoms with Crippen LogP contribution in [0.1, 0.15) is 16.7 Å². The van der Waals surface area contributed by atoms with Crippen molar-refractivity contribution >= 4 is 39.8 Å². The third-order valence-electron chi connectivity index (χ3n) is 6.23. The predicted octanol–water partition coefficient (Wildman–Crippen LogP) is 8.14. The summed E-state index contributed by atoms with van der Waals surface area (Å²) in [5.41, 5.74) is 6.29. The molecule has 0 bridgehead atoms. The maximum atomic E-state index is 8.74. The first-order chi connectivity index (χ1) is 18.2. The molecule has 6 rings (SSSR count). The molecule has 0 radical (unpaired) electrons. The molecule has 1 N–H and O–H groups in total. The van der Waals surface area contributed by atoms with Gasteiger partial charge in [0.1, 0.15) is 11.2 Å². The summed E-state index contributed by atoms with van der Waals surface area (Å²) >= 11 is 0. The Morgan fingerprint density at radius 3 is 2.11 bits per heavy atom. The van der Waals surface area contributed by atoms with Crippen LogP contribution in [0, 0.1) is 5.41 Å². The minimum Gasteiger partial charge on any atom is -0.456 e. The second kappa shape index (κ2) is 9.88. The Bertz CT molecular complexity index is 1780. The second-order valence-corrected chi connectivity index (χ2v) is 8.71. The number of para-hydroxylation sites is 1. The van der Waals surface area contributed by atoms with Crippen molar-refractivity contribution in [2.45, 2.75) is 0 Å². The lowest BCUT2D eigenvalue weighted by Gasteiger charge is -2.06. The van der Waals surface area contributed by atoms with Crippen molar-refractivity contribution < 1.29 is 4.42 Å². The molecule has 0 spiro atoms.